The molecule has 0 radical (unpaired) electrons. The van der Waals surface area contributed by atoms with Crippen molar-refractivity contribution in [1.82, 2.24) is 0 Å². The largest absolute Gasteiger partial charge is 0.489 e. The molecule has 6 heteroatoms. The van der Waals surface area contributed by atoms with E-state index in [1.54, 1.807) is 48.5 Å². The van der Waals surface area contributed by atoms with Gasteiger partial charge in [-0.25, -0.2) is 0 Å². The Bertz CT molecular complexity index is 553. The van der Waals surface area contributed by atoms with E-state index in [1.165, 1.54) is 0 Å². The van der Waals surface area contributed by atoms with Gasteiger partial charge in [-0.2, -0.15) is 0 Å². The van der Waals surface area contributed by atoms with Gasteiger partial charge in [0.05, 0.1) is 10.0 Å². The third-order valence-electron chi connectivity index (χ3n) is 2.94. The van der Waals surface area contributed by atoms with Crippen molar-refractivity contribution < 1.29 is 19.7 Å². The van der Waals surface area contributed by atoms with Gasteiger partial charge in [0.1, 0.15) is 36.9 Å². The molecule has 0 bridgehead atoms. The Hall–Kier alpha value is -1.46. The smallest absolute Gasteiger partial charge is 0.138 e. The van der Waals surface area contributed by atoms with Gasteiger partial charge >= 0.3 is 0 Å². The molecule has 0 aliphatic heterocycles. The van der Waals surface area contributed by atoms with Crippen LogP contribution in [0.15, 0.2) is 48.5 Å². The minimum Gasteiger partial charge on any atom is -0.489 e. The number of benzene rings is 2. The van der Waals surface area contributed by atoms with Crippen LogP contribution in [-0.4, -0.2) is 35.6 Å². The molecule has 0 amide bonds. The normalized spacial score (nSPS) is 13.5. The highest BCUT2D eigenvalue weighted by atomic mass is 35.5. The summed E-state index contributed by atoms with van der Waals surface area (Å²) in [6.45, 7) is -0.201. The van der Waals surface area contributed by atoms with Crippen LogP contribution in [0.4, 0.5) is 0 Å². The van der Waals surface area contributed by atoms with Gasteiger partial charge in [-0.05, 0) is 24.3 Å². The monoisotopic (exact) mass is 342 g/mol. The quantitative estimate of drug-likeness (QED) is 0.811. The predicted molar refractivity (Wildman–Crippen MR) is 85.9 cm³/mol. The van der Waals surface area contributed by atoms with Crippen molar-refractivity contribution in [3.63, 3.8) is 0 Å². The van der Waals surface area contributed by atoms with Crippen molar-refractivity contribution >= 4 is 23.2 Å². The number of aliphatic hydroxyl groups excluding tert-OH is 2. The van der Waals surface area contributed by atoms with E-state index in [0.29, 0.717) is 21.5 Å². The first-order valence-corrected chi connectivity index (χ1v) is 7.44. The Kier molecular flexibility index (Phi) is 6.34. The SMILES string of the molecule is OC(COc1ccccc1Cl)C(O)COc1ccccc1Cl. The first kappa shape index (κ1) is 16.9. The average molecular weight is 343 g/mol. The molecule has 2 aromatic carbocycles. The molecule has 2 unspecified atom stereocenters. The number of halogens is 2. The topological polar surface area (TPSA) is 58.9 Å². The zero-order valence-electron chi connectivity index (χ0n) is 11.7. The lowest BCUT2D eigenvalue weighted by Crippen LogP contribution is -2.36. The molecule has 22 heavy (non-hydrogen) atoms. The van der Waals surface area contributed by atoms with Gasteiger partial charge in [-0.3, -0.25) is 0 Å². The van der Waals surface area contributed by atoms with E-state index in [1.807, 2.05) is 0 Å². The van der Waals surface area contributed by atoms with E-state index in [4.69, 9.17) is 32.7 Å². The van der Waals surface area contributed by atoms with E-state index in [9.17, 15) is 10.2 Å². The van der Waals surface area contributed by atoms with Gasteiger partial charge in [0, 0.05) is 0 Å². The maximum absolute atomic E-state index is 9.89. The number of hydrogen-bond acceptors (Lipinski definition) is 4. The molecule has 0 aliphatic rings. The van der Waals surface area contributed by atoms with E-state index < -0.39 is 12.2 Å². The van der Waals surface area contributed by atoms with Gasteiger partial charge in [0.15, 0.2) is 0 Å². The molecule has 0 heterocycles. The Morgan fingerprint density at radius 2 is 1.09 bits per heavy atom. The second kappa shape index (κ2) is 8.25. The summed E-state index contributed by atoms with van der Waals surface area (Å²) in [6.07, 6.45) is -2.22. The van der Waals surface area contributed by atoms with Crippen LogP contribution in [-0.2, 0) is 0 Å². The van der Waals surface area contributed by atoms with Crippen LogP contribution >= 0.6 is 23.2 Å². The Balaban J connectivity index is 1.81. The van der Waals surface area contributed by atoms with E-state index in [0.717, 1.165) is 0 Å². The average Bonchev–Trinajstić information content (AvgIpc) is 2.52. The van der Waals surface area contributed by atoms with Gasteiger partial charge in [0.25, 0.3) is 0 Å². The molecule has 2 aromatic rings. The Morgan fingerprint density at radius 1 is 0.727 bits per heavy atom. The lowest BCUT2D eigenvalue weighted by Gasteiger charge is -2.19. The summed E-state index contributed by atoms with van der Waals surface area (Å²) in [6, 6.07) is 13.8. The van der Waals surface area contributed by atoms with Crippen LogP contribution < -0.4 is 9.47 Å². The molecular weight excluding hydrogens is 327 g/mol. The number of rotatable bonds is 7. The first-order chi connectivity index (χ1) is 10.6. The second-order valence-corrected chi connectivity index (χ2v) is 5.43. The molecule has 118 valence electrons. The number of aliphatic hydroxyl groups is 2. The zero-order valence-corrected chi connectivity index (χ0v) is 13.2. The van der Waals surface area contributed by atoms with Crippen molar-refractivity contribution in [3.8, 4) is 11.5 Å². The first-order valence-electron chi connectivity index (χ1n) is 6.68. The number of ether oxygens (including phenoxy) is 2. The molecule has 4 nitrogen and oxygen atoms in total. The summed E-state index contributed by atoms with van der Waals surface area (Å²) >= 11 is 11.9. The van der Waals surface area contributed by atoms with Crippen molar-refractivity contribution in [2.75, 3.05) is 13.2 Å². The van der Waals surface area contributed by atoms with Crippen LogP contribution in [0.25, 0.3) is 0 Å². The summed E-state index contributed by atoms with van der Waals surface area (Å²) in [5, 5.41) is 20.7. The van der Waals surface area contributed by atoms with E-state index in [-0.39, 0.29) is 13.2 Å². The van der Waals surface area contributed by atoms with Gasteiger partial charge in [0.2, 0.25) is 0 Å². The van der Waals surface area contributed by atoms with Crippen molar-refractivity contribution in [1.29, 1.82) is 0 Å². The molecule has 0 spiro atoms. The fourth-order valence-corrected chi connectivity index (χ4v) is 2.08. The van der Waals surface area contributed by atoms with Crippen molar-refractivity contribution in [3.05, 3.63) is 58.6 Å². The Labute approximate surface area is 138 Å². The van der Waals surface area contributed by atoms with Crippen LogP contribution in [0.1, 0.15) is 0 Å². The standard InChI is InChI=1S/C16H16Cl2O4/c17-11-5-1-3-7-15(11)21-9-13(19)14(20)10-22-16-8-4-2-6-12(16)18/h1-8,13-14,19-20H,9-10H2. The summed E-state index contributed by atoms with van der Waals surface area (Å²) < 4.78 is 10.7. The third kappa shape index (κ3) is 4.78. The molecule has 2 atom stereocenters. The van der Waals surface area contributed by atoms with Gasteiger partial charge in [-0.15, -0.1) is 0 Å². The maximum Gasteiger partial charge on any atom is 0.138 e. The highest BCUT2D eigenvalue weighted by Gasteiger charge is 2.19. The van der Waals surface area contributed by atoms with Crippen LogP contribution in [0, 0.1) is 0 Å². The maximum atomic E-state index is 9.89. The molecule has 0 saturated heterocycles. The highest BCUT2D eigenvalue weighted by molar-refractivity contribution is 6.32. The van der Waals surface area contributed by atoms with Crippen LogP contribution in [0.3, 0.4) is 0 Å². The van der Waals surface area contributed by atoms with Crippen LogP contribution in [0.2, 0.25) is 10.0 Å². The van der Waals surface area contributed by atoms with Crippen LogP contribution in [0.5, 0.6) is 11.5 Å². The molecule has 0 aromatic heterocycles. The predicted octanol–water partition coefficient (Wildman–Crippen LogP) is 3.17. The minimum absolute atomic E-state index is 0.100. The molecule has 2 N–H and O–H groups in total. The lowest BCUT2D eigenvalue weighted by atomic mass is 10.2. The summed E-state index contributed by atoms with van der Waals surface area (Å²) in [5.41, 5.74) is 0. The minimum atomic E-state index is -1.11. The molecular formula is C16H16Cl2O4. The molecule has 0 aliphatic carbocycles. The lowest BCUT2D eigenvalue weighted by molar-refractivity contribution is -0.0288. The molecule has 0 saturated carbocycles. The summed E-state index contributed by atoms with van der Waals surface area (Å²) in [4.78, 5) is 0. The number of hydrogen-bond donors (Lipinski definition) is 2. The molecule has 2 rings (SSSR count). The second-order valence-electron chi connectivity index (χ2n) is 4.62. The molecule has 0 fully saturated rings. The fraction of sp³-hybridized carbons (Fsp3) is 0.250. The zero-order chi connectivity index (χ0) is 15.9. The van der Waals surface area contributed by atoms with Gasteiger partial charge < -0.3 is 19.7 Å². The summed E-state index contributed by atoms with van der Waals surface area (Å²) in [5.74, 6) is 0.893. The van der Waals surface area contributed by atoms with E-state index in [2.05, 4.69) is 0 Å². The van der Waals surface area contributed by atoms with Crippen molar-refractivity contribution in [2.24, 2.45) is 0 Å². The fourth-order valence-electron chi connectivity index (χ4n) is 1.70. The highest BCUT2D eigenvalue weighted by Crippen LogP contribution is 2.24. The van der Waals surface area contributed by atoms with Gasteiger partial charge in [-0.1, -0.05) is 47.5 Å². The third-order valence-corrected chi connectivity index (χ3v) is 3.56. The van der Waals surface area contributed by atoms with E-state index >= 15 is 0 Å². The number of para-hydroxylation sites is 2. The van der Waals surface area contributed by atoms with Crippen molar-refractivity contribution in [2.45, 2.75) is 12.2 Å². The Morgan fingerprint density at radius 3 is 1.45 bits per heavy atom. The summed E-state index contributed by atoms with van der Waals surface area (Å²) in [7, 11) is 0.